The molecule has 0 spiro atoms. The number of allylic oxidation sites excluding steroid dienone is 1. The maximum absolute atomic E-state index is 12.2. The summed E-state index contributed by atoms with van der Waals surface area (Å²) in [6.07, 6.45) is 4.90. The van der Waals surface area contributed by atoms with Gasteiger partial charge in [-0.3, -0.25) is 9.59 Å². The van der Waals surface area contributed by atoms with E-state index in [1.165, 1.54) is 6.92 Å². The number of esters is 1. The fourth-order valence-corrected chi connectivity index (χ4v) is 2.46. The van der Waals surface area contributed by atoms with Gasteiger partial charge in [0.25, 0.3) is 0 Å². The summed E-state index contributed by atoms with van der Waals surface area (Å²) in [5.41, 5.74) is 0.863. The van der Waals surface area contributed by atoms with Gasteiger partial charge in [-0.2, -0.15) is 0 Å². The van der Waals surface area contributed by atoms with E-state index in [4.69, 9.17) is 4.74 Å². The number of amides is 2. The molecule has 0 radical (unpaired) electrons. The zero-order valence-corrected chi connectivity index (χ0v) is 13.7. The molecule has 2 atom stereocenters. The van der Waals surface area contributed by atoms with Crippen molar-refractivity contribution in [3.05, 3.63) is 48.0 Å². The Bertz CT molecular complexity index is 613. The highest BCUT2D eigenvalue weighted by Crippen LogP contribution is 2.15. The molecule has 0 fully saturated rings. The molecule has 2 amide bonds. The van der Waals surface area contributed by atoms with Crippen LogP contribution in [0.2, 0.25) is 0 Å². The van der Waals surface area contributed by atoms with Crippen LogP contribution in [-0.4, -0.2) is 30.4 Å². The smallest absolute Gasteiger partial charge is 0.329 e. The molecule has 0 saturated heterocycles. The van der Waals surface area contributed by atoms with Crippen LogP contribution in [0.3, 0.4) is 0 Å². The lowest BCUT2D eigenvalue weighted by Gasteiger charge is -2.22. The van der Waals surface area contributed by atoms with Gasteiger partial charge in [0.2, 0.25) is 11.8 Å². The summed E-state index contributed by atoms with van der Waals surface area (Å²) in [4.78, 5) is 35.5. The molecule has 2 N–H and O–H groups in total. The van der Waals surface area contributed by atoms with Gasteiger partial charge in [0.1, 0.15) is 12.6 Å². The van der Waals surface area contributed by atoms with E-state index in [9.17, 15) is 14.4 Å². The molecule has 1 heterocycles. The Hall–Kier alpha value is -2.63. The Balaban J connectivity index is 2.15. The number of hydrogen-bond donors (Lipinski definition) is 2. The maximum atomic E-state index is 12.2. The van der Waals surface area contributed by atoms with Crippen LogP contribution >= 0.6 is 0 Å². The third-order valence-electron chi connectivity index (χ3n) is 3.67. The average molecular weight is 330 g/mol. The van der Waals surface area contributed by atoms with Crippen molar-refractivity contribution in [1.82, 2.24) is 10.6 Å². The van der Waals surface area contributed by atoms with Crippen molar-refractivity contribution in [3.8, 4) is 0 Å². The standard InChI is InChI=1S/C18H22N2O4/c1-13(21)19-15-10-6-3-7-11-17(22)20-16(12-24-18(15)23)14-8-4-2-5-9-14/h2-6,8-9,15-16H,7,10-12H2,1H3,(H,19,21)(H,20,22)/t15-,16-/m0/s1. The number of cyclic esters (lactones) is 1. The van der Waals surface area contributed by atoms with E-state index < -0.39 is 18.1 Å². The molecule has 0 aromatic heterocycles. The van der Waals surface area contributed by atoms with Crippen molar-refractivity contribution in [3.63, 3.8) is 0 Å². The fraction of sp³-hybridized carbons (Fsp3) is 0.389. The fourth-order valence-electron chi connectivity index (χ4n) is 2.46. The van der Waals surface area contributed by atoms with Gasteiger partial charge in [0.15, 0.2) is 0 Å². The molecule has 6 nitrogen and oxygen atoms in total. The quantitative estimate of drug-likeness (QED) is 0.638. The first-order valence-electron chi connectivity index (χ1n) is 7.99. The number of carbonyl (C=O) groups excluding carboxylic acids is 3. The van der Waals surface area contributed by atoms with E-state index in [1.54, 1.807) is 6.08 Å². The van der Waals surface area contributed by atoms with E-state index >= 15 is 0 Å². The number of hydrogen-bond acceptors (Lipinski definition) is 4. The van der Waals surface area contributed by atoms with Crippen molar-refractivity contribution in [2.24, 2.45) is 0 Å². The van der Waals surface area contributed by atoms with Gasteiger partial charge in [-0.1, -0.05) is 42.5 Å². The van der Waals surface area contributed by atoms with Crippen LogP contribution in [0.25, 0.3) is 0 Å². The highest BCUT2D eigenvalue weighted by Gasteiger charge is 2.23. The van der Waals surface area contributed by atoms with Gasteiger partial charge >= 0.3 is 5.97 Å². The molecule has 0 unspecified atom stereocenters. The predicted molar refractivity (Wildman–Crippen MR) is 88.9 cm³/mol. The van der Waals surface area contributed by atoms with Crippen molar-refractivity contribution in [1.29, 1.82) is 0 Å². The third kappa shape index (κ3) is 5.53. The van der Waals surface area contributed by atoms with Gasteiger partial charge in [0.05, 0.1) is 6.04 Å². The molecular weight excluding hydrogens is 308 g/mol. The molecule has 0 bridgehead atoms. The SMILES string of the molecule is CC(=O)N[C@H]1CC=CCCC(=O)N[C@H](c2ccccc2)COC1=O. The Kier molecular flexibility index (Phi) is 6.54. The van der Waals surface area contributed by atoms with Gasteiger partial charge < -0.3 is 15.4 Å². The predicted octanol–water partition coefficient (Wildman–Crippen LogP) is 1.63. The average Bonchev–Trinajstić information content (AvgIpc) is 2.56. The van der Waals surface area contributed by atoms with Crippen molar-refractivity contribution in [2.75, 3.05) is 6.61 Å². The second-order valence-corrected chi connectivity index (χ2v) is 5.66. The molecule has 1 aromatic carbocycles. The second kappa shape index (κ2) is 8.86. The minimum absolute atomic E-state index is 0.0222. The number of rotatable bonds is 2. The van der Waals surface area contributed by atoms with Gasteiger partial charge in [-0.15, -0.1) is 0 Å². The summed E-state index contributed by atoms with van der Waals surface area (Å²) in [7, 11) is 0. The van der Waals surface area contributed by atoms with Crippen LogP contribution in [-0.2, 0) is 19.1 Å². The Labute approximate surface area is 141 Å². The minimum atomic E-state index is -0.717. The molecule has 1 aromatic rings. The lowest BCUT2D eigenvalue weighted by atomic mass is 10.1. The van der Waals surface area contributed by atoms with E-state index in [0.717, 1.165) is 5.56 Å². The lowest BCUT2D eigenvalue weighted by Crippen LogP contribution is -2.42. The van der Waals surface area contributed by atoms with Crippen molar-refractivity contribution in [2.45, 2.75) is 38.3 Å². The number of nitrogens with one attached hydrogen (secondary N) is 2. The molecule has 1 aliphatic heterocycles. The Morgan fingerprint density at radius 3 is 2.67 bits per heavy atom. The molecular formula is C18H22N2O4. The first-order valence-corrected chi connectivity index (χ1v) is 7.99. The molecule has 2 rings (SSSR count). The molecule has 128 valence electrons. The summed E-state index contributed by atoms with van der Waals surface area (Å²) < 4.78 is 5.34. The van der Waals surface area contributed by atoms with E-state index in [-0.39, 0.29) is 18.4 Å². The zero-order valence-electron chi connectivity index (χ0n) is 13.7. The Morgan fingerprint density at radius 2 is 1.96 bits per heavy atom. The van der Waals surface area contributed by atoms with Crippen LogP contribution < -0.4 is 10.6 Å². The first-order chi connectivity index (χ1) is 11.6. The molecule has 24 heavy (non-hydrogen) atoms. The minimum Gasteiger partial charge on any atom is -0.462 e. The normalized spacial score (nSPS) is 22.5. The van der Waals surface area contributed by atoms with Crippen LogP contribution in [0.5, 0.6) is 0 Å². The number of benzene rings is 1. The maximum Gasteiger partial charge on any atom is 0.329 e. The van der Waals surface area contributed by atoms with Gasteiger partial charge in [-0.25, -0.2) is 4.79 Å². The number of carbonyl (C=O) groups is 3. The summed E-state index contributed by atoms with van der Waals surface area (Å²) in [5, 5.41) is 5.48. The summed E-state index contributed by atoms with van der Waals surface area (Å²) >= 11 is 0. The molecule has 0 aliphatic carbocycles. The van der Waals surface area contributed by atoms with Gasteiger partial charge in [-0.05, 0) is 18.4 Å². The van der Waals surface area contributed by atoms with Crippen LogP contribution in [0.1, 0.15) is 37.8 Å². The molecule has 1 aliphatic rings. The van der Waals surface area contributed by atoms with Gasteiger partial charge in [0, 0.05) is 13.3 Å². The highest BCUT2D eigenvalue weighted by atomic mass is 16.5. The van der Waals surface area contributed by atoms with Crippen molar-refractivity contribution < 1.29 is 19.1 Å². The van der Waals surface area contributed by atoms with Crippen molar-refractivity contribution >= 4 is 17.8 Å². The summed E-state index contributed by atoms with van der Waals surface area (Å²) in [6.45, 7) is 1.38. The van der Waals surface area contributed by atoms with Crippen LogP contribution in [0.4, 0.5) is 0 Å². The molecule has 0 saturated carbocycles. The summed E-state index contributed by atoms with van der Waals surface area (Å²) in [5.74, 6) is -0.889. The second-order valence-electron chi connectivity index (χ2n) is 5.66. The Morgan fingerprint density at radius 1 is 1.21 bits per heavy atom. The number of ether oxygens (including phenoxy) is 1. The topological polar surface area (TPSA) is 84.5 Å². The first kappa shape index (κ1) is 17.7. The zero-order chi connectivity index (χ0) is 17.4. The summed E-state index contributed by atoms with van der Waals surface area (Å²) in [6, 6.07) is 8.22. The third-order valence-corrected chi connectivity index (χ3v) is 3.67. The van der Waals surface area contributed by atoms with E-state index in [1.807, 2.05) is 36.4 Å². The van der Waals surface area contributed by atoms with Crippen LogP contribution in [0.15, 0.2) is 42.5 Å². The van der Waals surface area contributed by atoms with Crippen LogP contribution in [0, 0.1) is 0 Å². The van der Waals surface area contributed by atoms with E-state index in [0.29, 0.717) is 19.3 Å². The molecule has 6 heteroatoms. The largest absolute Gasteiger partial charge is 0.462 e. The monoisotopic (exact) mass is 330 g/mol. The lowest BCUT2D eigenvalue weighted by molar-refractivity contribution is -0.148. The van der Waals surface area contributed by atoms with E-state index in [2.05, 4.69) is 10.6 Å². The highest BCUT2D eigenvalue weighted by molar-refractivity contribution is 5.83.